The molecule has 1 aromatic heterocycles. The molecule has 4 aromatic rings. The van der Waals surface area contributed by atoms with Crippen LogP contribution in [0.3, 0.4) is 0 Å². The molecule has 0 radical (unpaired) electrons. The second-order valence-electron chi connectivity index (χ2n) is 11.3. The van der Waals surface area contributed by atoms with E-state index in [2.05, 4.69) is 31.5 Å². The minimum absolute atomic E-state index is 0.131. The third-order valence-corrected chi connectivity index (χ3v) is 8.65. The lowest BCUT2D eigenvalue weighted by atomic mass is 10.2. The molecular weight excluding hydrogens is 854 g/mol. The number of carboxylic acid groups (broad SMARTS) is 1. The zero-order valence-corrected chi connectivity index (χ0v) is 35.2. The molecule has 54 heavy (non-hydrogen) atoms. The standard InChI is InChI=1S/C9H10Cl2N2O2.C9H11ClN2O.C9H9ClO3.C8H11BrN2O2/c1-13(15-2)9(14)12-6-3-4-7(10)8(11)5-6;1-12(2)9(13)11-8-5-3-7(10)4-6-8;1-6-4-7(10)2-3-8(6)13-5-9(11)12;1-4(2)11-7(12)6(9)5(3)10-8(11)13/h3-5H,1-2H3,(H,12,14);3-6H,1-2H3,(H,11,13);2-4H,5H2,1H3,(H,11,12);4H,1-3H3,(H,10,13). The number of anilines is 2. The molecule has 0 spiro atoms. The molecule has 1 heterocycles. The Bertz CT molecular complexity index is 1990. The first-order valence-corrected chi connectivity index (χ1v) is 17.9. The van der Waals surface area contributed by atoms with E-state index in [9.17, 15) is 24.0 Å². The zero-order chi connectivity index (χ0) is 41.3. The van der Waals surface area contributed by atoms with Gasteiger partial charge in [0.1, 0.15) is 10.2 Å². The number of rotatable bonds is 7. The summed E-state index contributed by atoms with van der Waals surface area (Å²) in [4.78, 5) is 64.4. The van der Waals surface area contributed by atoms with Gasteiger partial charge in [-0.05, 0) is 110 Å². The first kappa shape index (κ1) is 47.8. The van der Waals surface area contributed by atoms with Crippen molar-refractivity contribution >= 4 is 91.7 Å². The minimum Gasteiger partial charge on any atom is -0.482 e. The van der Waals surface area contributed by atoms with Crippen LogP contribution in [0.4, 0.5) is 21.0 Å². The fraction of sp³-hybridized carbons (Fsp3) is 0.286. The maximum atomic E-state index is 11.5. The number of ether oxygens (including phenoxy) is 1. The Labute approximate surface area is 340 Å². The summed E-state index contributed by atoms with van der Waals surface area (Å²) in [5.41, 5.74) is 2.04. The number of aromatic amines is 1. The molecule has 0 aliphatic rings. The summed E-state index contributed by atoms with van der Waals surface area (Å²) in [6.45, 7) is 6.74. The zero-order valence-electron chi connectivity index (χ0n) is 30.6. The molecule has 4 rings (SSSR count). The number of carbonyl (C=O) groups excluding carboxylic acids is 2. The highest BCUT2D eigenvalue weighted by Crippen LogP contribution is 2.25. The van der Waals surface area contributed by atoms with Gasteiger partial charge >= 0.3 is 23.7 Å². The monoisotopic (exact) mass is 892 g/mol. The fourth-order valence-corrected chi connectivity index (χ4v) is 4.59. The first-order valence-electron chi connectivity index (χ1n) is 15.6. The summed E-state index contributed by atoms with van der Waals surface area (Å²) >= 11 is 26.0. The molecule has 0 atom stereocenters. The third kappa shape index (κ3) is 16.8. The smallest absolute Gasteiger partial charge is 0.345 e. The number of halogens is 5. The van der Waals surface area contributed by atoms with Crippen molar-refractivity contribution in [3.8, 4) is 5.75 Å². The van der Waals surface area contributed by atoms with E-state index in [1.807, 2.05) is 6.92 Å². The molecule has 0 fully saturated rings. The molecular formula is C35H41BrCl4N6O8. The van der Waals surface area contributed by atoms with Crippen LogP contribution in [0, 0.1) is 13.8 Å². The number of hydrogen-bond donors (Lipinski definition) is 4. The average Bonchev–Trinajstić information content (AvgIpc) is 3.09. The number of hydrogen-bond acceptors (Lipinski definition) is 7. The Hall–Kier alpha value is -4.25. The van der Waals surface area contributed by atoms with Crippen molar-refractivity contribution in [3.63, 3.8) is 0 Å². The Morgan fingerprint density at radius 2 is 1.41 bits per heavy atom. The number of H-pyrrole nitrogens is 1. The largest absolute Gasteiger partial charge is 0.482 e. The Kier molecular flexibility index (Phi) is 20.8. The van der Waals surface area contributed by atoms with E-state index in [0.717, 1.165) is 16.3 Å². The molecule has 0 saturated carbocycles. The highest BCUT2D eigenvalue weighted by Gasteiger charge is 2.11. The SMILES string of the molecule is CN(C)C(=O)Nc1ccc(Cl)cc1.CON(C)C(=O)Nc1ccc(Cl)c(Cl)c1.Cc1[nH]c(=O)n(C(C)C)c(=O)c1Br.Cc1cc(Cl)ccc1OCC(=O)O. The Morgan fingerprint density at radius 1 is 0.852 bits per heavy atom. The number of aliphatic carboxylic acids is 1. The number of urea groups is 2. The molecule has 4 N–H and O–H groups in total. The van der Waals surface area contributed by atoms with Crippen LogP contribution in [0.5, 0.6) is 5.75 Å². The van der Waals surface area contributed by atoms with Crippen LogP contribution in [0.1, 0.15) is 31.1 Å². The predicted octanol–water partition coefficient (Wildman–Crippen LogP) is 8.75. The van der Waals surface area contributed by atoms with Crippen LogP contribution in [0.25, 0.3) is 0 Å². The van der Waals surface area contributed by atoms with Crippen molar-refractivity contribution < 1.29 is 29.1 Å². The number of aromatic nitrogens is 2. The van der Waals surface area contributed by atoms with E-state index < -0.39 is 12.0 Å². The number of carbonyl (C=O) groups is 3. The molecule has 14 nitrogen and oxygen atoms in total. The van der Waals surface area contributed by atoms with Crippen LogP contribution in [-0.2, 0) is 9.63 Å². The maximum absolute atomic E-state index is 11.5. The minimum atomic E-state index is -0.991. The van der Waals surface area contributed by atoms with Crippen molar-refractivity contribution in [1.82, 2.24) is 19.5 Å². The Balaban J connectivity index is 0.000000361. The number of carboxylic acids is 1. The molecule has 294 valence electrons. The van der Waals surface area contributed by atoms with Gasteiger partial charge in [-0.1, -0.05) is 46.4 Å². The van der Waals surface area contributed by atoms with Gasteiger partial charge in [0, 0.05) is 54.3 Å². The van der Waals surface area contributed by atoms with Crippen LogP contribution in [0.15, 0.2) is 74.7 Å². The summed E-state index contributed by atoms with van der Waals surface area (Å²) in [7, 11) is 6.26. The summed E-state index contributed by atoms with van der Waals surface area (Å²) in [5.74, 6) is -0.443. The molecule has 0 bridgehead atoms. The lowest BCUT2D eigenvalue weighted by Gasteiger charge is -2.14. The van der Waals surface area contributed by atoms with Crippen molar-refractivity contribution in [2.75, 3.05) is 45.5 Å². The van der Waals surface area contributed by atoms with Crippen LogP contribution >= 0.6 is 62.3 Å². The fourth-order valence-electron chi connectivity index (χ4n) is 3.64. The normalized spacial score (nSPS) is 9.96. The molecule has 19 heteroatoms. The molecule has 0 saturated heterocycles. The van der Waals surface area contributed by atoms with Crippen LogP contribution < -0.4 is 26.6 Å². The van der Waals surface area contributed by atoms with Gasteiger partial charge in [-0.2, -0.15) is 0 Å². The first-order chi connectivity index (χ1) is 25.2. The Morgan fingerprint density at radius 3 is 1.91 bits per heavy atom. The molecule has 3 aromatic carbocycles. The van der Waals surface area contributed by atoms with Gasteiger partial charge < -0.3 is 30.4 Å². The highest BCUT2D eigenvalue weighted by molar-refractivity contribution is 9.10. The lowest BCUT2D eigenvalue weighted by molar-refractivity contribution is -0.139. The number of nitrogens with one attached hydrogen (secondary N) is 3. The molecule has 0 aliphatic heterocycles. The lowest BCUT2D eigenvalue weighted by Crippen LogP contribution is -2.37. The van der Waals surface area contributed by atoms with Gasteiger partial charge in [-0.25, -0.2) is 24.2 Å². The molecule has 4 amide bonds. The summed E-state index contributed by atoms with van der Waals surface area (Å²) in [5, 5.41) is 16.8. The predicted molar refractivity (Wildman–Crippen MR) is 218 cm³/mol. The van der Waals surface area contributed by atoms with Crippen LogP contribution in [0.2, 0.25) is 20.1 Å². The van der Waals surface area contributed by atoms with Crippen molar-refractivity contribution in [2.24, 2.45) is 0 Å². The van der Waals surface area contributed by atoms with Crippen molar-refractivity contribution in [3.05, 3.63) is 117 Å². The van der Waals surface area contributed by atoms with Gasteiger partial charge in [0.25, 0.3) is 5.56 Å². The van der Waals surface area contributed by atoms with E-state index in [1.54, 1.807) is 95.5 Å². The van der Waals surface area contributed by atoms with E-state index in [0.29, 0.717) is 41.7 Å². The van der Waals surface area contributed by atoms with Crippen molar-refractivity contribution in [1.29, 1.82) is 0 Å². The number of nitrogens with zero attached hydrogens (tertiary/aromatic N) is 3. The van der Waals surface area contributed by atoms with E-state index >= 15 is 0 Å². The number of aryl methyl sites for hydroxylation is 2. The van der Waals surface area contributed by atoms with E-state index in [-0.39, 0.29) is 29.9 Å². The van der Waals surface area contributed by atoms with E-state index in [1.165, 1.54) is 23.6 Å². The van der Waals surface area contributed by atoms with Gasteiger partial charge in [0.15, 0.2) is 6.61 Å². The van der Waals surface area contributed by atoms with Gasteiger partial charge in [-0.15, -0.1) is 0 Å². The third-order valence-electron chi connectivity index (χ3n) is 6.49. The summed E-state index contributed by atoms with van der Waals surface area (Å²) < 4.78 is 6.59. The van der Waals surface area contributed by atoms with Gasteiger partial charge in [0.2, 0.25) is 0 Å². The quantitative estimate of drug-likeness (QED) is 0.133. The van der Waals surface area contributed by atoms with Crippen molar-refractivity contribution in [2.45, 2.75) is 33.7 Å². The van der Waals surface area contributed by atoms with Crippen LogP contribution in [-0.4, -0.2) is 77.5 Å². The molecule has 0 aliphatic carbocycles. The summed E-state index contributed by atoms with van der Waals surface area (Å²) in [6, 6.07) is 16.1. The second-order valence-corrected chi connectivity index (χ2v) is 13.8. The second kappa shape index (κ2) is 23.5. The summed E-state index contributed by atoms with van der Waals surface area (Å²) in [6.07, 6.45) is 0. The topological polar surface area (TPSA) is 175 Å². The number of hydroxylamine groups is 2. The number of amides is 4. The average molecular weight is 895 g/mol. The maximum Gasteiger partial charge on any atom is 0.345 e. The molecule has 0 unspecified atom stereocenters. The number of benzene rings is 3. The van der Waals surface area contributed by atoms with Gasteiger partial charge in [0.05, 0.1) is 17.2 Å². The van der Waals surface area contributed by atoms with Gasteiger partial charge in [-0.3, -0.25) is 14.2 Å². The van der Waals surface area contributed by atoms with E-state index in [4.69, 9.17) is 61.1 Å². The highest BCUT2D eigenvalue weighted by atomic mass is 79.9.